The number of unbranched alkanes of at least 4 members (excludes halogenated alkanes) is 1. The Kier molecular flexibility index (Phi) is 10.1. The van der Waals surface area contributed by atoms with Gasteiger partial charge in [-0.2, -0.15) is 0 Å². The van der Waals surface area contributed by atoms with Gasteiger partial charge in [-0.25, -0.2) is 0 Å². The van der Waals surface area contributed by atoms with Crippen LogP contribution in [-0.2, 0) is 0 Å². The molecule has 0 aliphatic rings. The predicted octanol–water partition coefficient (Wildman–Crippen LogP) is 7.46. The first kappa shape index (κ1) is 29.1. The zero-order chi connectivity index (χ0) is 28.5. The molecule has 0 radical (unpaired) electrons. The highest BCUT2D eigenvalue weighted by Gasteiger charge is 2.13. The minimum Gasteiger partial charge on any atom is -0.409 e. The molecule has 0 amide bonds. The molecule has 0 heterocycles. The molecule has 4 aromatic rings. The second-order valence-corrected chi connectivity index (χ2v) is 11.2. The molecular formula is C36H42B2N2. The van der Waals surface area contributed by atoms with Gasteiger partial charge in [0, 0.05) is 0 Å². The Labute approximate surface area is 242 Å². The smallest absolute Gasteiger partial charge is 0.179 e. The average Bonchev–Trinajstić information content (AvgIpc) is 2.91. The van der Waals surface area contributed by atoms with E-state index < -0.39 is 0 Å². The maximum Gasteiger partial charge on any atom is 0.179 e. The normalized spacial score (nSPS) is 10.6. The summed E-state index contributed by atoms with van der Waals surface area (Å²) in [7, 11) is 1.78. The molecule has 0 unspecified atom stereocenters. The van der Waals surface area contributed by atoms with Crippen molar-refractivity contribution >= 4 is 25.7 Å². The molecule has 40 heavy (non-hydrogen) atoms. The maximum absolute atomic E-state index is 6.79. The Morgan fingerprint density at radius 2 is 0.750 bits per heavy atom. The van der Waals surface area contributed by atoms with Crippen LogP contribution in [0.2, 0.25) is 12.6 Å². The van der Waals surface area contributed by atoms with Crippen LogP contribution in [0.25, 0.3) is 11.1 Å². The highest BCUT2D eigenvalue weighted by molar-refractivity contribution is 6.48. The van der Waals surface area contributed by atoms with Crippen molar-refractivity contribution in [2.24, 2.45) is 11.5 Å². The predicted molar refractivity (Wildman–Crippen MR) is 178 cm³/mol. The van der Waals surface area contributed by atoms with E-state index in [0.29, 0.717) is 0 Å². The average molecular weight is 524 g/mol. The van der Waals surface area contributed by atoms with Crippen molar-refractivity contribution in [2.75, 3.05) is 0 Å². The van der Waals surface area contributed by atoms with Crippen LogP contribution in [0.4, 0.5) is 0 Å². The summed E-state index contributed by atoms with van der Waals surface area (Å²) in [5.74, 6) is 0. The molecular weight excluding hydrogens is 482 g/mol. The molecule has 4 rings (SSSR count). The van der Waals surface area contributed by atoms with Gasteiger partial charge in [0.05, 0.1) is 0 Å². The Hall–Kier alpha value is -3.91. The summed E-state index contributed by atoms with van der Waals surface area (Å²) < 4.78 is 0. The summed E-state index contributed by atoms with van der Waals surface area (Å²) in [5.41, 5.74) is 27.6. The molecule has 0 aliphatic carbocycles. The van der Waals surface area contributed by atoms with E-state index in [1.807, 2.05) is 0 Å². The van der Waals surface area contributed by atoms with Crippen LogP contribution in [0.3, 0.4) is 0 Å². The van der Waals surface area contributed by atoms with Crippen LogP contribution in [0, 0.1) is 27.7 Å². The minimum atomic E-state index is 0.889. The molecule has 4 aromatic carbocycles. The van der Waals surface area contributed by atoms with E-state index >= 15 is 0 Å². The highest BCUT2D eigenvalue weighted by atomic mass is 14.5. The number of hydrogen-bond acceptors (Lipinski definition) is 2. The van der Waals surface area contributed by atoms with Crippen LogP contribution < -0.4 is 11.5 Å². The van der Waals surface area contributed by atoms with Gasteiger partial charge in [0.1, 0.15) is 0 Å². The summed E-state index contributed by atoms with van der Waals surface area (Å²) in [5, 5.41) is 0. The molecule has 0 aliphatic heterocycles. The second kappa shape index (κ2) is 13.9. The number of nitrogens with two attached hydrogens (primary N) is 2. The fourth-order valence-corrected chi connectivity index (χ4v) is 5.51. The van der Waals surface area contributed by atoms with Gasteiger partial charge in [0.2, 0.25) is 0 Å². The molecule has 0 bridgehead atoms. The third kappa shape index (κ3) is 7.82. The lowest BCUT2D eigenvalue weighted by Gasteiger charge is -2.15. The van der Waals surface area contributed by atoms with Gasteiger partial charge >= 0.3 is 0 Å². The van der Waals surface area contributed by atoms with E-state index in [1.54, 1.807) is 0 Å². The van der Waals surface area contributed by atoms with E-state index in [4.69, 9.17) is 11.5 Å². The third-order valence-corrected chi connectivity index (χ3v) is 7.51. The number of aryl methyl sites for hydroxylation is 4. The van der Waals surface area contributed by atoms with E-state index in [2.05, 4.69) is 125 Å². The van der Waals surface area contributed by atoms with Crippen LogP contribution in [0.15, 0.2) is 108 Å². The van der Waals surface area contributed by atoms with Gasteiger partial charge in [-0.3, -0.25) is 0 Å². The number of hydrogen-bond donors (Lipinski definition) is 2. The van der Waals surface area contributed by atoms with Crippen molar-refractivity contribution < 1.29 is 0 Å². The van der Waals surface area contributed by atoms with Crippen LogP contribution in [-0.4, -0.2) is 14.6 Å². The first-order chi connectivity index (χ1) is 19.3. The Morgan fingerprint density at radius 3 is 1.00 bits per heavy atom. The minimum absolute atomic E-state index is 0.889. The first-order valence-electron chi connectivity index (χ1n) is 14.6. The van der Waals surface area contributed by atoms with Gasteiger partial charge in [0.15, 0.2) is 14.6 Å². The summed E-state index contributed by atoms with van der Waals surface area (Å²) in [6, 6.07) is 34.7. The van der Waals surface area contributed by atoms with Crippen LogP contribution >= 0.6 is 0 Å². The lowest BCUT2D eigenvalue weighted by atomic mass is 9.63. The first-order valence-corrected chi connectivity index (χ1v) is 14.6. The fraction of sp³-hybridized carbons (Fsp3) is 0.222. The maximum atomic E-state index is 6.79. The van der Waals surface area contributed by atoms with Gasteiger partial charge in [-0.15, -0.1) is 0 Å². The Morgan fingerprint density at radius 1 is 0.475 bits per heavy atom. The van der Waals surface area contributed by atoms with Gasteiger partial charge in [0.25, 0.3) is 0 Å². The molecule has 2 nitrogen and oxygen atoms in total. The lowest BCUT2D eigenvalue weighted by molar-refractivity contribution is 0.874. The second-order valence-electron chi connectivity index (χ2n) is 11.2. The largest absolute Gasteiger partial charge is 0.409 e. The van der Waals surface area contributed by atoms with Gasteiger partial charge in [-0.05, 0) is 72.3 Å². The zero-order valence-corrected chi connectivity index (χ0v) is 24.6. The molecule has 4 N–H and O–H groups in total. The number of rotatable bonds is 11. The van der Waals surface area contributed by atoms with Crippen molar-refractivity contribution in [1.29, 1.82) is 0 Å². The Balaban J connectivity index is 1.43. The molecule has 4 heteroatoms. The summed E-state index contributed by atoms with van der Waals surface area (Å²) in [6.45, 7) is 8.54. The van der Waals surface area contributed by atoms with Crippen LogP contribution in [0.5, 0.6) is 0 Å². The quantitative estimate of drug-likeness (QED) is 0.158. The van der Waals surface area contributed by atoms with E-state index in [1.165, 1.54) is 55.7 Å². The third-order valence-electron chi connectivity index (χ3n) is 7.51. The molecule has 0 aromatic heterocycles. The highest BCUT2D eigenvalue weighted by Crippen LogP contribution is 2.28. The zero-order valence-electron chi connectivity index (χ0n) is 24.6. The molecule has 202 valence electrons. The Bertz CT molecular complexity index is 1310. The molecule has 0 spiro atoms. The van der Waals surface area contributed by atoms with E-state index in [0.717, 1.165) is 51.2 Å². The lowest BCUT2D eigenvalue weighted by Crippen LogP contribution is -2.12. The van der Waals surface area contributed by atoms with Gasteiger partial charge in [-0.1, -0.05) is 145 Å². The van der Waals surface area contributed by atoms with E-state index in [-0.39, 0.29) is 0 Å². The van der Waals surface area contributed by atoms with Crippen molar-refractivity contribution in [3.63, 3.8) is 0 Å². The molecule has 0 saturated carbocycles. The van der Waals surface area contributed by atoms with Gasteiger partial charge < -0.3 is 11.5 Å². The van der Waals surface area contributed by atoms with Crippen molar-refractivity contribution in [1.82, 2.24) is 0 Å². The monoisotopic (exact) mass is 524 g/mol. The van der Waals surface area contributed by atoms with Crippen molar-refractivity contribution in [2.45, 2.75) is 53.2 Å². The number of benzene rings is 4. The van der Waals surface area contributed by atoms with Crippen molar-refractivity contribution in [3.05, 3.63) is 153 Å². The molecule has 0 saturated heterocycles. The van der Waals surface area contributed by atoms with E-state index in [9.17, 15) is 0 Å². The van der Waals surface area contributed by atoms with Crippen LogP contribution in [0.1, 0.15) is 57.3 Å². The standard InChI is InChI=1S/C36H42B2N2/c1-25-11-7-15-29(21-25)33(30-16-8-12-26(2)22-30)35(39)37-19-5-6-20-38-36(40)34(31-17-9-13-27(3)23-31)32-18-10-14-28(4)24-32/h7-18,21-24,37-38H,5-6,19-20,39-40H2,1-4H3. The SMILES string of the molecule is Cc1cccc(C(=C(N)BCCCCBC(N)=C(c2cccc(C)c2)c2cccc(C)c2)c2cccc(C)c2)c1. The summed E-state index contributed by atoms with van der Waals surface area (Å²) in [6.07, 6.45) is 4.40. The summed E-state index contributed by atoms with van der Waals surface area (Å²) in [4.78, 5) is 0. The fourth-order valence-electron chi connectivity index (χ4n) is 5.51. The topological polar surface area (TPSA) is 52.0 Å². The molecule has 0 fully saturated rings. The van der Waals surface area contributed by atoms with Crippen molar-refractivity contribution in [3.8, 4) is 0 Å². The summed E-state index contributed by atoms with van der Waals surface area (Å²) >= 11 is 0. The molecule has 0 atom stereocenters.